The Bertz CT molecular complexity index is 563. The summed E-state index contributed by atoms with van der Waals surface area (Å²) in [7, 11) is 0. The molecule has 0 bridgehead atoms. The van der Waals surface area contributed by atoms with Crippen LogP contribution in [0.1, 0.15) is 25.3 Å². The lowest BCUT2D eigenvalue weighted by molar-refractivity contribution is -0.119. The molecule has 1 aromatic rings. The predicted octanol–water partition coefficient (Wildman–Crippen LogP) is 2.48. The molecule has 1 fully saturated rings. The number of hydrogen-bond acceptors (Lipinski definition) is 4. The van der Waals surface area contributed by atoms with Crippen LogP contribution in [0.3, 0.4) is 0 Å². The van der Waals surface area contributed by atoms with Crippen molar-refractivity contribution in [2.24, 2.45) is 5.92 Å². The SMILES string of the molecule is Cc1ccc(N)cc1SCC(=O)NC(C)(C#N)C1CC1. The second kappa shape index (κ2) is 5.76. The minimum Gasteiger partial charge on any atom is -0.399 e. The number of benzene rings is 1. The summed E-state index contributed by atoms with van der Waals surface area (Å²) < 4.78 is 0. The maximum atomic E-state index is 12.0. The van der Waals surface area contributed by atoms with Gasteiger partial charge in [0.1, 0.15) is 5.54 Å². The monoisotopic (exact) mass is 289 g/mol. The zero-order chi connectivity index (χ0) is 14.8. The lowest BCUT2D eigenvalue weighted by Crippen LogP contribution is -2.47. The van der Waals surface area contributed by atoms with Crippen LogP contribution in [0.5, 0.6) is 0 Å². The molecule has 2 rings (SSSR count). The fourth-order valence-corrected chi connectivity index (χ4v) is 3.00. The number of nitrogen functional groups attached to an aromatic ring is 1. The number of hydrogen-bond donors (Lipinski definition) is 2. The first kappa shape index (κ1) is 14.7. The molecule has 20 heavy (non-hydrogen) atoms. The number of nitrogens with one attached hydrogen (secondary N) is 1. The maximum Gasteiger partial charge on any atom is 0.231 e. The van der Waals surface area contributed by atoms with Crippen LogP contribution in [-0.2, 0) is 4.79 Å². The summed E-state index contributed by atoms with van der Waals surface area (Å²) in [5.41, 5.74) is 6.82. The maximum absolute atomic E-state index is 12.0. The van der Waals surface area contributed by atoms with E-state index < -0.39 is 5.54 Å². The van der Waals surface area contributed by atoms with Gasteiger partial charge >= 0.3 is 0 Å². The molecule has 1 unspecified atom stereocenters. The largest absolute Gasteiger partial charge is 0.399 e. The fourth-order valence-electron chi connectivity index (χ4n) is 2.12. The summed E-state index contributed by atoms with van der Waals surface area (Å²) in [5.74, 6) is 0.497. The van der Waals surface area contributed by atoms with Crippen molar-refractivity contribution in [3.8, 4) is 6.07 Å². The summed E-state index contributed by atoms with van der Waals surface area (Å²) in [5, 5.41) is 12.1. The molecule has 5 heteroatoms. The molecule has 0 radical (unpaired) electrons. The van der Waals surface area contributed by atoms with Crippen molar-refractivity contribution in [3.63, 3.8) is 0 Å². The summed E-state index contributed by atoms with van der Waals surface area (Å²) in [6.45, 7) is 3.79. The second-order valence-corrected chi connectivity index (χ2v) is 6.47. The van der Waals surface area contributed by atoms with Gasteiger partial charge in [0, 0.05) is 10.6 Å². The van der Waals surface area contributed by atoms with E-state index in [9.17, 15) is 10.1 Å². The minimum absolute atomic E-state index is 0.104. The zero-order valence-corrected chi connectivity index (χ0v) is 12.6. The van der Waals surface area contributed by atoms with E-state index in [0.717, 1.165) is 23.3 Å². The van der Waals surface area contributed by atoms with Crippen LogP contribution in [0.25, 0.3) is 0 Å². The lowest BCUT2D eigenvalue weighted by atomic mass is 9.98. The third-order valence-corrected chi connectivity index (χ3v) is 4.75. The van der Waals surface area contributed by atoms with Gasteiger partial charge in [-0.15, -0.1) is 11.8 Å². The Kier molecular flexibility index (Phi) is 4.24. The summed E-state index contributed by atoms with van der Waals surface area (Å²) in [6, 6.07) is 7.89. The highest BCUT2D eigenvalue weighted by molar-refractivity contribution is 8.00. The van der Waals surface area contributed by atoms with Crippen LogP contribution in [0.2, 0.25) is 0 Å². The third kappa shape index (κ3) is 3.45. The molecule has 106 valence electrons. The van der Waals surface area contributed by atoms with Gasteiger partial charge < -0.3 is 11.1 Å². The van der Waals surface area contributed by atoms with E-state index in [0.29, 0.717) is 17.4 Å². The van der Waals surface area contributed by atoms with Crippen LogP contribution < -0.4 is 11.1 Å². The molecular weight excluding hydrogens is 270 g/mol. The number of anilines is 1. The first-order chi connectivity index (χ1) is 9.44. The van der Waals surface area contributed by atoms with E-state index in [-0.39, 0.29) is 5.91 Å². The van der Waals surface area contributed by atoms with Crippen LogP contribution in [0.4, 0.5) is 5.69 Å². The highest BCUT2D eigenvalue weighted by Crippen LogP contribution is 2.39. The number of nitrogens with zero attached hydrogens (tertiary/aromatic N) is 1. The highest BCUT2D eigenvalue weighted by atomic mass is 32.2. The van der Waals surface area contributed by atoms with Crippen LogP contribution >= 0.6 is 11.8 Å². The number of nitrogens with two attached hydrogens (primary N) is 1. The van der Waals surface area contributed by atoms with E-state index in [1.54, 1.807) is 6.92 Å². The van der Waals surface area contributed by atoms with E-state index in [1.165, 1.54) is 11.8 Å². The average molecular weight is 289 g/mol. The number of nitriles is 1. The van der Waals surface area contributed by atoms with Crippen LogP contribution in [0, 0.1) is 24.2 Å². The number of rotatable bonds is 5. The standard InChI is InChI=1S/C15H19N3OS/c1-10-3-6-12(17)7-13(10)20-8-14(19)18-15(2,9-16)11-4-5-11/h3,6-7,11H,4-5,8,17H2,1-2H3,(H,18,19). The van der Waals surface area contributed by atoms with Gasteiger partial charge in [-0.25, -0.2) is 0 Å². The molecule has 1 saturated carbocycles. The van der Waals surface area contributed by atoms with Gasteiger partial charge in [-0.2, -0.15) is 5.26 Å². The van der Waals surface area contributed by atoms with E-state index in [4.69, 9.17) is 5.73 Å². The van der Waals surface area contributed by atoms with Crippen molar-refractivity contribution in [3.05, 3.63) is 23.8 Å². The molecule has 0 spiro atoms. The normalized spacial score (nSPS) is 17.1. The molecular formula is C15H19N3OS. The number of thioether (sulfide) groups is 1. The minimum atomic E-state index is -0.720. The molecule has 0 heterocycles. The smallest absolute Gasteiger partial charge is 0.231 e. The Hall–Kier alpha value is -1.67. The fraction of sp³-hybridized carbons (Fsp3) is 0.467. The highest BCUT2D eigenvalue weighted by Gasteiger charge is 2.42. The predicted molar refractivity (Wildman–Crippen MR) is 81.2 cm³/mol. The van der Waals surface area contributed by atoms with Gasteiger partial charge in [-0.1, -0.05) is 6.07 Å². The van der Waals surface area contributed by atoms with Gasteiger partial charge in [0.2, 0.25) is 5.91 Å². The number of amides is 1. The Balaban J connectivity index is 1.92. The van der Waals surface area contributed by atoms with E-state index >= 15 is 0 Å². The topological polar surface area (TPSA) is 78.9 Å². The Labute approximate surface area is 123 Å². The van der Waals surface area contributed by atoms with Crippen molar-refractivity contribution in [2.45, 2.75) is 37.1 Å². The molecule has 3 N–H and O–H groups in total. The number of aryl methyl sites for hydroxylation is 1. The first-order valence-corrected chi connectivity index (χ1v) is 7.64. The van der Waals surface area contributed by atoms with Crippen molar-refractivity contribution in [2.75, 3.05) is 11.5 Å². The summed E-state index contributed by atoms with van der Waals surface area (Å²) in [6.07, 6.45) is 2.04. The molecule has 0 saturated heterocycles. The summed E-state index contributed by atoms with van der Waals surface area (Å²) in [4.78, 5) is 13.0. The van der Waals surface area contributed by atoms with Gasteiger partial charge in [-0.3, -0.25) is 4.79 Å². The van der Waals surface area contributed by atoms with Gasteiger partial charge in [0.25, 0.3) is 0 Å². The van der Waals surface area contributed by atoms with Gasteiger partial charge in [0.15, 0.2) is 0 Å². The average Bonchev–Trinajstić information content (AvgIpc) is 3.24. The Morgan fingerprint density at radius 3 is 2.90 bits per heavy atom. The molecule has 0 aliphatic heterocycles. The molecule has 0 aromatic heterocycles. The quantitative estimate of drug-likeness (QED) is 0.644. The van der Waals surface area contributed by atoms with Crippen LogP contribution in [0.15, 0.2) is 23.1 Å². The van der Waals surface area contributed by atoms with E-state index in [2.05, 4.69) is 11.4 Å². The second-order valence-electron chi connectivity index (χ2n) is 5.45. The molecule has 1 amide bonds. The van der Waals surface area contributed by atoms with Gasteiger partial charge in [0.05, 0.1) is 11.8 Å². The molecule has 1 atom stereocenters. The van der Waals surface area contributed by atoms with E-state index in [1.807, 2.05) is 25.1 Å². The number of carbonyl (C=O) groups excluding carboxylic acids is 1. The van der Waals surface area contributed by atoms with Crippen molar-refractivity contribution >= 4 is 23.4 Å². The summed E-state index contributed by atoms with van der Waals surface area (Å²) >= 11 is 1.45. The molecule has 1 aliphatic rings. The Morgan fingerprint density at radius 2 is 2.30 bits per heavy atom. The van der Waals surface area contributed by atoms with Crippen molar-refractivity contribution in [1.29, 1.82) is 5.26 Å². The van der Waals surface area contributed by atoms with Gasteiger partial charge in [-0.05, 0) is 50.3 Å². The van der Waals surface area contributed by atoms with Crippen molar-refractivity contribution in [1.82, 2.24) is 5.32 Å². The zero-order valence-electron chi connectivity index (χ0n) is 11.8. The first-order valence-electron chi connectivity index (χ1n) is 6.66. The Morgan fingerprint density at radius 1 is 1.60 bits per heavy atom. The van der Waals surface area contributed by atoms with Crippen molar-refractivity contribution < 1.29 is 4.79 Å². The number of carbonyl (C=O) groups is 1. The van der Waals surface area contributed by atoms with Crippen LogP contribution in [-0.4, -0.2) is 17.2 Å². The third-order valence-electron chi connectivity index (χ3n) is 3.60. The molecule has 4 nitrogen and oxygen atoms in total. The lowest BCUT2D eigenvalue weighted by Gasteiger charge is -2.22. The molecule has 1 aromatic carbocycles. The molecule has 1 aliphatic carbocycles.